The first-order valence-electron chi connectivity index (χ1n) is 50.1. The van der Waals surface area contributed by atoms with Gasteiger partial charge in [0.2, 0.25) is 0 Å². The highest BCUT2D eigenvalue weighted by molar-refractivity contribution is 7.78. The Labute approximate surface area is 865 Å². The van der Waals surface area contributed by atoms with E-state index >= 15 is 0 Å². The zero-order chi connectivity index (χ0) is 87.6. The minimum atomic E-state index is -0.746. The van der Waals surface area contributed by atoms with E-state index in [9.17, 15) is 0 Å². The summed E-state index contributed by atoms with van der Waals surface area (Å²) < 4.78 is 0. The fraction of sp³-hybridized carbons (Fsp3) is 1.00. The zero-order valence-corrected chi connectivity index (χ0v) is 106. The quantitative estimate of drug-likeness (QED) is 0.0230. The molecule has 0 aliphatic rings. The molecule has 0 radical (unpaired) electrons. The molecule has 121 heavy (non-hydrogen) atoms. The van der Waals surface area contributed by atoms with Gasteiger partial charge in [0.05, 0.1) is 210 Å². The van der Waals surface area contributed by atoms with Crippen molar-refractivity contribution in [2.45, 2.75) is 378 Å². The number of halogens is 8. The molecule has 0 aromatic heterocycles. The van der Waals surface area contributed by atoms with Gasteiger partial charge in [0, 0.05) is 117 Å². The van der Waals surface area contributed by atoms with Crippen LogP contribution in [0.3, 0.4) is 0 Å². The Morgan fingerprint density at radius 1 is 0.116 bits per heavy atom. The van der Waals surface area contributed by atoms with Crippen molar-refractivity contribution in [3.63, 3.8) is 0 Å². The van der Waals surface area contributed by atoms with Crippen molar-refractivity contribution < 1.29 is 189 Å². The lowest BCUT2D eigenvalue weighted by Crippen LogP contribution is -3.00. The van der Waals surface area contributed by atoms with Gasteiger partial charge in [-0.15, -0.1) is 0 Å². The molecule has 8 nitrogen and oxygen atoms in total. The van der Waals surface area contributed by atoms with Crippen molar-refractivity contribution in [2.24, 2.45) is 0 Å². The molecule has 0 bridgehead atoms. The van der Waals surface area contributed by atoms with Gasteiger partial charge >= 0.3 is 0 Å². The molecule has 0 heterocycles. The van der Waals surface area contributed by atoms with Gasteiger partial charge in [-0.1, -0.05) is 166 Å². The minimum absolute atomic E-state index is 0. The predicted molar refractivity (Wildman–Crippen MR) is 556 cm³/mol. The first-order valence-corrected chi connectivity index (χ1v) is 70.4. The summed E-state index contributed by atoms with van der Waals surface area (Å²) in [6.07, 6.45) is 87.3. The van der Waals surface area contributed by atoms with Gasteiger partial charge in [0.15, 0.2) is 0 Å². The Bertz CT molecular complexity index is 1460. The summed E-state index contributed by atoms with van der Waals surface area (Å²) in [5.41, 5.74) is 0. The van der Waals surface area contributed by atoms with E-state index < -0.39 is 58.1 Å². The highest BCUT2D eigenvalue weighted by Crippen LogP contribution is 2.66. The highest BCUT2D eigenvalue weighted by Gasteiger charge is 2.40. The number of rotatable bonds is 73. The Morgan fingerprint density at radius 3 is 0.273 bits per heavy atom. The van der Waals surface area contributed by atoms with Crippen LogP contribution in [0.2, 0.25) is 0 Å². The Hall–Kier alpha value is 7.33. The minimum Gasteiger partial charge on any atom is -1.00 e. The molecule has 0 saturated carbocycles. The fourth-order valence-electron chi connectivity index (χ4n) is 20.1. The van der Waals surface area contributed by atoms with E-state index in [-0.39, 0.29) is 148 Å². The first kappa shape index (κ1) is 165. The number of hydrogen-bond donors (Lipinski definition) is 8. The van der Waals surface area contributed by atoms with Crippen LogP contribution in [-0.2, 0) is 0 Å². The molecule has 758 valence electrons. The topological polar surface area (TPSA) is 162 Å². The average molecular weight is 2460 g/mol. The second-order valence-corrected chi connectivity index (χ2v) is 70.6. The van der Waals surface area contributed by atoms with Gasteiger partial charge in [0.1, 0.15) is 0 Å². The van der Waals surface area contributed by atoms with Crippen LogP contribution in [0, 0.1) is 0 Å². The first-order chi connectivity index (χ1) is 54.4. The van der Waals surface area contributed by atoms with Crippen LogP contribution in [-0.4, -0.2) is 291 Å². The summed E-state index contributed by atoms with van der Waals surface area (Å²) in [7, 11) is -5.42. The van der Waals surface area contributed by atoms with Crippen LogP contribution in [0.15, 0.2) is 0 Å². The van der Waals surface area contributed by atoms with E-state index in [1.165, 1.54) is 358 Å². The van der Waals surface area contributed by atoms with Gasteiger partial charge in [-0.25, -0.2) is 0 Å². The molecule has 0 aromatic carbocycles. The van der Waals surface area contributed by atoms with Crippen molar-refractivity contribution in [1.82, 2.24) is 0 Å². The molecule has 0 spiro atoms. The number of aliphatic hydroxyl groups excluding tert-OH is 8. The molecule has 0 aromatic rings. The van der Waals surface area contributed by atoms with Crippen LogP contribution >= 0.6 is 58.1 Å². The van der Waals surface area contributed by atoms with Crippen LogP contribution in [0.1, 0.15) is 378 Å². The SMILES string of the molecule is CCC[P+](CCC)(CCC)CCCCO.CCC[P+](CCC)(CCC)CCCCO.CCC[P+](CCC)(CCC)CCCCO.CCC[P+](CCC)(CCC)CCCO.CCC[P+](CCC)(CCC)CCCO.CCC[P+](CCC)(CCC)CCCO.CCC[P+](CCC)(CCC)CCO.CCC[P+](CCC)(CCC)CCO.[Br-].[Br-].[Br-].[Cl-].[Cl-].[I-].[I-].[I-]. The molecular weight excluding hydrogens is 2230 g/mol. The average Bonchev–Trinajstić information content (AvgIpc) is 0.922. The largest absolute Gasteiger partial charge is 1.00 e. The molecule has 0 unspecified atom stereocenters. The lowest BCUT2D eigenvalue weighted by Gasteiger charge is -2.26. The number of aliphatic hydroxyl groups is 8. The van der Waals surface area contributed by atoms with E-state index in [1.807, 2.05) is 0 Å². The van der Waals surface area contributed by atoms with Crippen LogP contribution in [0.5, 0.6) is 0 Å². The van der Waals surface area contributed by atoms with Crippen LogP contribution < -0.4 is 148 Å². The van der Waals surface area contributed by atoms with Gasteiger partial charge < -0.3 is 189 Å². The fourth-order valence-corrected chi connectivity index (χ4v) is 59.5. The second-order valence-electron chi connectivity index (χ2n) is 34.9. The molecule has 0 saturated heterocycles. The molecule has 0 aliphatic heterocycles. The lowest BCUT2D eigenvalue weighted by atomic mass is 10.4. The summed E-state index contributed by atoms with van der Waals surface area (Å²) in [6, 6.07) is 0. The molecule has 0 fully saturated rings. The van der Waals surface area contributed by atoms with E-state index in [0.29, 0.717) is 52.9 Å². The third-order valence-corrected chi connectivity index (χ3v) is 66.8. The molecule has 0 amide bonds. The number of unbranched alkanes of at least 4 members (excludes halogenated alkanes) is 3. The second kappa shape index (κ2) is 123. The van der Waals surface area contributed by atoms with E-state index in [0.717, 1.165) is 50.8 Å². The van der Waals surface area contributed by atoms with E-state index in [1.54, 1.807) is 0 Å². The molecule has 0 atom stereocenters. The predicted octanol–water partition coefficient (Wildman–Crippen LogP) is 5.35. The van der Waals surface area contributed by atoms with Gasteiger partial charge in [-0.3, -0.25) is 0 Å². The maximum Gasteiger partial charge on any atom is 0.0825 e. The van der Waals surface area contributed by atoms with E-state index in [4.69, 9.17) is 40.9 Å². The van der Waals surface area contributed by atoms with Crippen LogP contribution in [0.4, 0.5) is 0 Å². The van der Waals surface area contributed by atoms with Crippen LogP contribution in [0.25, 0.3) is 0 Å². The third-order valence-electron chi connectivity index (χ3n) is 23.4. The molecular formula is C97H226Br3Cl2I3O8P8. The molecule has 8 N–H and O–H groups in total. The Balaban J connectivity index is -0.0000000737. The smallest absolute Gasteiger partial charge is 0.0825 e. The molecule has 0 rings (SSSR count). The zero-order valence-electron chi connectivity index (χ0n) is 85.8. The van der Waals surface area contributed by atoms with Crippen molar-refractivity contribution >= 4 is 58.1 Å². The molecule has 0 aliphatic carbocycles. The summed E-state index contributed by atoms with van der Waals surface area (Å²) in [5.74, 6) is 0. The normalized spacial score (nSPS) is 11.2. The standard InChI is InChI=1S/3C13H30OP.3C12H28OP.2C11H26OP.3BrH.2ClH.3HI/c3*1-4-10-15(11-5-2,12-6-3)13-8-7-9-14;3*1-4-9-14(10-5-2,11-6-3)12-7-8-13;2*1-4-8-13(9-5-2,10-6-3)11-7-12;;;;;;;;/h3*14H,4-13H2,1-3H3;3*13H,4-12H2,1-3H3;2*12H,4-11H2,1-3H3;8*1H/q8*+1;;;;;;;;/p-8. The summed E-state index contributed by atoms with van der Waals surface area (Å²) in [6.45, 7) is 58.4. The van der Waals surface area contributed by atoms with Crippen molar-refractivity contribution in [2.75, 3.05) is 250 Å². The summed E-state index contributed by atoms with van der Waals surface area (Å²) >= 11 is 0. The monoisotopic (exact) mass is 2450 g/mol. The Kier molecular flexibility index (Phi) is 168. The maximum absolute atomic E-state index is 9.11. The lowest BCUT2D eigenvalue weighted by molar-refractivity contribution is -0.00100. The summed E-state index contributed by atoms with van der Waals surface area (Å²) in [4.78, 5) is 0. The Morgan fingerprint density at radius 2 is 0.198 bits per heavy atom. The van der Waals surface area contributed by atoms with Gasteiger partial charge in [-0.2, -0.15) is 0 Å². The molecule has 24 heteroatoms. The van der Waals surface area contributed by atoms with Crippen molar-refractivity contribution in [1.29, 1.82) is 0 Å². The third kappa shape index (κ3) is 96.0. The maximum atomic E-state index is 9.11. The van der Waals surface area contributed by atoms with E-state index in [2.05, 4.69) is 166 Å². The van der Waals surface area contributed by atoms with Gasteiger partial charge in [-0.05, 0) is 193 Å². The number of hydrogen-bond acceptors (Lipinski definition) is 8. The summed E-state index contributed by atoms with van der Waals surface area (Å²) in [5, 5.41) is 71.7. The highest BCUT2D eigenvalue weighted by atomic mass is 127. The van der Waals surface area contributed by atoms with Gasteiger partial charge in [0.25, 0.3) is 0 Å². The van der Waals surface area contributed by atoms with Crippen molar-refractivity contribution in [3.8, 4) is 0 Å². The van der Waals surface area contributed by atoms with Crippen molar-refractivity contribution in [3.05, 3.63) is 0 Å².